The zero-order chi connectivity index (χ0) is 15.1. The van der Waals surface area contributed by atoms with Gasteiger partial charge in [0, 0.05) is 23.1 Å². The Morgan fingerprint density at radius 3 is 2.86 bits per heavy atom. The average Bonchev–Trinajstić information content (AvgIpc) is 2.95. The highest BCUT2D eigenvalue weighted by Gasteiger charge is 2.04. The summed E-state index contributed by atoms with van der Waals surface area (Å²) in [5, 5.41) is 7.60. The number of aryl methyl sites for hydroxylation is 1. The van der Waals surface area contributed by atoms with Crippen LogP contribution in [-0.4, -0.2) is 16.3 Å². The molecule has 0 fully saturated rings. The highest BCUT2D eigenvalue weighted by atomic mass is 79.9. The van der Waals surface area contributed by atoms with E-state index < -0.39 is 0 Å². The van der Waals surface area contributed by atoms with Crippen molar-refractivity contribution in [1.29, 1.82) is 0 Å². The molecule has 1 aromatic carbocycles. The van der Waals surface area contributed by atoms with Gasteiger partial charge in [-0.1, -0.05) is 35.0 Å². The van der Waals surface area contributed by atoms with E-state index in [4.69, 9.17) is 4.74 Å². The number of nitrogens with one attached hydrogen (secondary N) is 1. The topological polar surface area (TPSA) is 39.1 Å². The highest BCUT2D eigenvalue weighted by molar-refractivity contribution is 9.10. The smallest absolute Gasteiger partial charge is 0.157 e. The van der Waals surface area contributed by atoms with E-state index in [9.17, 15) is 0 Å². The monoisotopic (exact) mass is 351 g/mol. The first-order valence-electron chi connectivity index (χ1n) is 7.36. The average molecular weight is 352 g/mol. The molecule has 5 heteroatoms. The molecule has 21 heavy (non-hydrogen) atoms. The lowest BCUT2D eigenvalue weighted by atomic mass is 10.1. The van der Waals surface area contributed by atoms with E-state index in [2.05, 4.69) is 58.4 Å². The van der Waals surface area contributed by atoms with E-state index in [1.54, 1.807) is 6.20 Å². The van der Waals surface area contributed by atoms with Crippen LogP contribution in [-0.2, 0) is 19.7 Å². The number of benzene rings is 1. The third-order valence-electron chi connectivity index (χ3n) is 3.20. The molecule has 0 saturated heterocycles. The molecular formula is C16H22BrN3O. The van der Waals surface area contributed by atoms with E-state index in [-0.39, 0.29) is 0 Å². The Balaban J connectivity index is 1.91. The van der Waals surface area contributed by atoms with Crippen molar-refractivity contribution in [3.8, 4) is 5.75 Å². The molecule has 0 aliphatic heterocycles. The summed E-state index contributed by atoms with van der Waals surface area (Å²) in [5.74, 6) is 0.803. The quantitative estimate of drug-likeness (QED) is 0.736. The van der Waals surface area contributed by atoms with Crippen molar-refractivity contribution in [1.82, 2.24) is 15.1 Å². The molecule has 1 aromatic heterocycles. The summed E-state index contributed by atoms with van der Waals surface area (Å²) >= 11 is 3.62. The zero-order valence-corrected chi connectivity index (χ0v) is 14.2. The van der Waals surface area contributed by atoms with Gasteiger partial charge in [0.2, 0.25) is 0 Å². The van der Waals surface area contributed by atoms with Crippen molar-refractivity contribution in [3.63, 3.8) is 0 Å². The second kappa shape index (κ2) is 8.20. The molecule has 0 unspecified atom stereocenters. The summed E-state index contributed by atoms with van der Waals surface area (Å²) in [6.07, 6.45) is 4.82. The summed E-state index contributed by atoms with van der Waals surface area (Å²) in [6, 6.07) is 6.40. The molecule has 0 amide bonds. The maximum atomic E-state index is 5.76. The van der Waals surface area contributed by atoms with E-state index in [0.717, 1.165) is 41.8 Å². The van der Waals surface area contributed by atoms with Gasteiger partial charge in [0.1, 0.15) is 6.61 Å². The molecule has 0 aliphatic carbocycles. The van der Waals surface area contributed by atoms with Gasteiger partial charge in [-0.25, -0.2) is 0 Å². The molecule has 0 saturated carbocycles. The minimum Gasteiger partial charge on any atom is -0.486 e. The summed E-state index contributed by atoms with van der Waals surface area (Å²) in [5.41, 5.74) is 2.41. The lowest BCUT2D eigenvalue weighted by molar-refractivity contribution is 0.305. The molecular weight excluding hydrogens is 330 g/mol. The van der Waals surface area contributed by atoms with Crippen molar-refractivity contribution in [2.24, 2.45) is 0 Å². The molecule has 0 bridgehead atoms. The predicted molar refractivity (Wildman–Crippen MR) is 88.4 cm³/mol. The van der Waals surface area contributed by atoms with Crippen LogP contribution in [0.15, 0.2) is 35.1 Å². The van der Waals surface area contributed by atoms with Gasteiger partial charge in [-0.3, -0.25) is 4.68 Å². The van der Waals surface area contributed by atoms with Crippen LogP contribution in [0.3, 0.4) is 0 Å². The zero-order valence-electron chi connectivity index (χ0n) is 12.6. The maximum Gasteiger partial charge on any atom is 0.157 e. The van der Waals surface area contributed by atoms with Crippen LogP contribution in [0.4, 0.5) is 0 Å². The first kappa shape index (κ1) is 16.0. The summed E-state index contributed by atoms with van der Waals surface area (Å²) in [6.45, 7) is 7.56. The number of nitrogens with zero attached hydrogens (tertiary/aromatic N) is 2. The number of halogens is 1. The number of ether oxygens (including phenoxy) is 1. The Kier molecular flexibility index (Phi) is 6.26. The summed E-state index contributed by atoms with van der Waals surface area (Å²) in [4.78, 5) is 0. The minimum atomic E-state index is 0.540. The molecule has 114 valence electrons. The first-order valence-corrected chi connectivity index (χ1v) is 8.15. The van der Waals surface area contributed by atoms with Gasteiger partial charge in [-0.2, -0.15) is 5.10 Å². The normalized spacial score (nSPS) is 10.8. The molecule has 0 aliphatic rings. The van der Waals surface area contributed by atoms with Crippen LogP contribution in [0.25, 0.3) is 0 Å². The van der Waals surface area contributed by atoms with Crippen LogP contribution in [0.2, 0.25) is 0 Å². The molecule has 4 nitrogen and oxygen atoms in total. The van der Waals surface area contributed by atoms with Crippen molar-refractivity contribution >= 4 is 15.9 Å². The van der Waals surface area contributed by atoms with Gasteiger partial charge in [0.05, 0.1) is 12.4 Å². The number of hydrogen-bond donors (Lipinski definition) is 1. The van der Waals surface area contributed by atoms with Crippen molar-refractivity contribution in [3.05, 3.63) is 46.2 Å². The van der Waals surface area contributed by atoms with Gasteiger partial charge in [0.25, 0.3) is 0 Å². The molecule has 2 rings (SSSR count). The summed E-state index contributed by atoms with van der Waals surface area (Å²) < 4.78 is 8.70. The summed E-state index contributed by atoms with van der Waals surface area (Å²) in [7, 11) is 0. The third-order valence-corrected chi connectivity index (χ3v) is 3.94. The molecule has 2 aromatic rings. The van der Waals surface area contributed by atoms with E-state index >= 15 is 0 Å². The van der Waals surface area contributed by atoms with Crippen LogP contribution in [0.5, 0.6) is 5.75 Å². The number of aromatic nitrogens is 2. The Morgan fingerprint density at radius 1 is 1.33 bits per heavy atom. The Morgan fingerprint density at radius 2 is 2.19 bits per heavy atom. The van der Waals surface area contributed by atoms with E-state index in [1.807, 2.05) is 10.9 Å². The van der Waals surface area contributed by atoms with Crippen LogP contribution < -0.4 is 10.1 Å². The molecule has 1 N–H and O–H groups in total. The minimum absolute atomic E-state index is 0.540. The molecule has 1 heterocycles. The predicted octanol–water partition coefficient (Wildman–Crippen LogP) is 3.74. The fraction of sp³-hybridized carbons (Fsp3) is 0.438. The Hall–Kier alpha value is -1.33. The largest absolute Gasteiger partial charge is 0.486 e. The van der Waals surface area contributed by atoms with Gasteiger partial charge in [-0.15, -0.1) is 0 Å². The lowest BCUT2D eigenvalue weighted by Crippen LogP contribution is -2.13. The van der Waals surface area contributed by atoms with Crippen molar-refractivity contribution in [2.45, 2.75) is 40.0 Å². The Labute approximate surface area is 134 Å². The molecule has 0 radical (unpaired) electrons. The van der Waals surface area contributed by atoms with Gasteiger partial charge >= 0.3 is 0 Å². The second-order valence-corrected chi connectivity index (χ2v) is 5.78. The van der Waals surface area contributed by atoms with Gasteiger partial charge < -0.3 is 10.1 Å². The SMILES string of the molecule is CCCNCc1ccc(COc2cnn(CC)c2)c(Br)c1. The van der Waals surface area contributed by atoms with Crippen LogP contribution in [0, 0.1) is 0 Å². The van der Waals surface area contributed by atoms with Crippen molar-refractivity contribution < 1.29 is 4.74 Å². The van der Waals surface area contributed by atoms with E-state index in [0.29, 0.717) is 6.61 Å². The second-order valence-electron chi connectivity index (χ2n) is 4.92. The standard InChI is InChI=1S/C16H22BrN3O/c1-3-7-18-9-13-5-6-14(16(17)8-13)12-21-15-10-19-20(4-2)11-15/h5-6,8,10-11,18H,3-4,7,9,12H2,1-2H3. The fourth-order valence-electron chi connectivity index (χ4n) is 1.98. The third kappa shape index (κ3) is 4.86. The van der Waals surface area contributed by atoms with E-state index in [1.165, 1.54) is 5.56 Å². The molecule has 0 atom stereocenters. The first-order chi connectivity index (χ1) is 10.2. The lowest BCUT2D eigenvalue weighted by Gasteiger charge is -2.09. The van der Waals surface area contributed by atoms with Gasteiger partial charge in [-0.05, 0) is 31.5 Å². The van der Waals surface area contributed by atoms with Crippen molar-refractivity contribution in [2.75, 3.05) is 6.54 Å². The van der Waals surface area contributed by atoms with Gasteiger partial charge in [0.15, 0.2) is 5.75 Å². The van der Waals surface area contributed by atoms with Crippen LogP contribution >= 0.6 is 15.9 Å². The highest BCUT2D eigenvalue weighted by Crippen LogP contribution is 2.21. The number of hydrogen-bond acceptors (Lipinski definition) is 3. The maximum absolute atomic E-state index is 5.76. The molecule has 0 spiro atoms. The fourth-order valence-corrected chi connectivity index (χ4v) is 2.52. The van der Waals surface area contributed by atoms with Crippen LogP contribution in [0.1, 0.15) is 31.4 Å². The number of rotatable bonds is 8. The Bertz CT molecular complexity index is 568.